The van der Waals surface area contributed by atoms with E-state index in [9.17, 15) is 0 Å². The van der Waals surface area contributed by atoms with Crippen LogP contribution in [0.25, 0.3) is 9.88 Å². The summed E-state index contributed by atoms with van der Waals surface area (Å²) in [6.07, 6.45) is 2.66. The molecule has 0 atom stereocenters. The number of thiophene rings is 1. The zero-order valence-electron chi connectivity index (χ0n) is 13.1. The maximum atomic E-state index is 7.86. The molecule has 0 amide bonds. The van der Waals surface area contributed by atoms with Crippen LogP contribution in [0.1, 0.15) is 12.1 Å². The molecule has 3 heterocycles. The zero-order valence-corrected chi connectivity index (χ0v) is 15.5. The predicted octanol–water partition coefficient (Wildman–Crippen LogP) is 3.87. The van der Waals surface area contributed by atoms with E-state index in [1.165, 1.54) is 16.6 Å². The number of nitrogens with zero attached hydrogens (tertiary/aromatic N) is 1. The summed E-state index contributed by atoms with van der Waals surface area (Å²) in [4.78, 5) is 5.73. The second-order valence-corrected chi connectivity index (χ2v) is 7.50. The van der Waals surface area contributed by atoms with Crippen molar-refractivity contribution in [2.75, 3.05) is 13.6 Å². The maximum absolute atomic E-state index is 7.86. The minimum atomic E-state index is 0.557. The molecule has 2 aromatic heterocycles. The number of nitrogens with one attached hydrogen (secondary N) is 3. The van der Waals surface area contributed by atoms with E-state index in [1.54, 1.807) is 22.7 Å². The van der Waals surface area contributed by atoms with Gasteiger partial charge in [0.2, 0.25) is 0 Å². The third kappa shape index (κ3) is 4.09. The Labute approximate surface area is 153 Å². The molecule has 0 aromatic carbocycles. The van der Waals surface area contributed by atoms with Crippen LogP contribution in [0.5, 0.6) is 0 Å². The number of aromatic nitrogens is 1. The summed E-state index contributed by atoms with van der Waals surface area (Å²) in [5, 5.41) is 21.8. The molecule has 2 aromatic rings. The Morgan fingerprint density at radius 1 is 1.38 bits per heavy atom. The van der Waals surface area contributed by atoms with Gasteiger partial charge in [-0.2, -0.15) is 0 Å². The van der Waals surface area contributed by atoms with Gasteiger partial charge in [0.05, 0.1) is 4.88 Å². The first-order chi connectivity index (χ1) is 11.8. The number of hydrogen-bond donors (Lipinski definition) is 3. The highest BCUT2D eigenvalue weighted by molar-refractivity contribution is 8.17. The summed E-state index contributed by atoms with van der Waals surface area (Å²) >= 11 is 4.74. The summed E-state index contributed by atoms with van der Waals surface area (Å²) in [5.41, 5.74) is 1.73. The minimum absolute atomic E-state index is 0.557. The van der Waals surface area contributed by atoms with Crippen LogP contribution in [0.4, 0.5) is 0 Å². The quantitative estimate of drug-likeness (QED) is 0.551. The summed E-state index contributed by atoms with van der Waals surface area (Å²) in [6.45, 7) is 0.723. The molecule has 0 saturated heterocycles. The average molecular weight is 373 g/mol. The summed E-state index contributed by atoms with van der Waals surface area (Å²) < 4.78 is 0. The second kappa shape index (κ2) is 8.20. The third-order valence-electron chi connectivity index (χ3n) is 3.19. The predicted molar refractivity (Wildman–Crippen MR) is 105 cm³/mol. The van der Waals surface area contributed by atoms with Crippen molar-refractivity contribution in [1.82, 2.24) is 15.6 Å². The molecule has 0 saturated carbocycles. The Bertz CT molecular complexity index is 835. The number of thioether (sulfide) groups is 1. The molecule has 0 fully saturated rings. The van der Waals surface area contributed by atoms with Crippen molar-refractivity contribution in [3.63, 3.8) is 0 Å². The van der Waals surface area contributed by atoms with Gasteiger partial charge in [-0.15, -0.1) is 22.7 Å². The topological polar surface area (TPSA) is 60.8 Å². The fourth-order valence-corrected chi connectivity index (χ4v) is 4.28. The van der Waals surface area contributed by atoms with Gasteiger partial charge >= 0.3 is 0 Å². The Morgan fingerprint density at radius 2 is 2.29 bits per heavy atom. The van der Waals surface area contributed by atoms with E-state index in [2.05, 4.69) is 38.9 Å². The molecule has 1 aliphatic heterocycles. The lowest BCUT2D eigenvalue weighted by atomic mass is 10.2. The highest BCUT2D eigenvalue weighted by Gasteiger charge is 2.12. The second-order valence-electron chi connectivity index (χ2n) is 4.78. The van der Waals surface area contributed by atoms with Gasteiger partial charge in [0.15, 0.2) is 0 Å². The van der Waals surface area contributed by atoms with E-state index in [-0.39, 0.29) is 0 Å². The monoisotopic (exact) mass is 372 g/mol. The highest BCUT2D eigenvalue weighted by Crippen LogP contribution is 2.27. The largest absolute Gasteiger partial charge is 0.374 e. The van der Waals surface area contributed by atoms with Gasteiger partial charge in [0, 0.05) is 31.0 Å². The maximum Gasteiger partial charge on any atom is 0.134 e. The smallest absolute Gasteiger partial charge is 0.134 e. The van der Waals surface area contributed by atoms with Crippen LogP contribution in [-0.2, 0) is 0 Å². The number of hydrogen-bond acceptors (Lipinski definition) is 7. The van der Waals surface area contributed by atoms with E-state index in [0.717, 1.165) is 28.6 Å². The molecule has 122 valence electrons. The number of rotatable bonds is 5. The van der Waals surface area contributed by atoms with E-state index in [4.69, 9.17) is 5.41 Å². The van der Waals surface area contributed by atoms with Crippen LogP contribution in [0.2, 0.25) is 0 Å². The van der Waals surface area contributed by atoms with Crippen LogP contribution in [0.15, 0.2) is 45.8 Å². The van der Waals surface area contributed by atoms with Crippen LogP contribution in [0.3, 0.4) is 0 Å². The van der Waals surface area contributed by atoms with Gasteiger partial charge in [-0.05, 0) is 28.9 Å². The van der Waals surface area contributed by atoms with E-state index < -0.39 is 0 Å². The first-order valence-electron chi connectivity index (χ1n) is 7.34. The minimum Gasteiger partial charge on any atom is -0.374 e. The molecule has 0 unspecified atom stereocenters. The van der Waals surface area contributed by atoms with Crippen molar-refractivity contribution < 1.29 is 0 Å². The molecule has 0 spiro atoms. The van der Waals surface area contributed by atoms with E-state index in [1.807, 2.05) is 30.0 Å². The van der Waals surface area contributed by atoms with Crippen molar-refractivity contribution in [1.29, 1.82) is 5.41 Å². The fourth-order valence-electron chi connectivity index (χ4n) is 2.07. The highest BCUT2D eigenvalue weighted by atomic mass is 32.2. The Hall–Kier alpha value is -2.01. The number of thiazole rings is 1. The van der Waals surface area contributed by atoms with Gasteiger partial charge in [0.1, 0.15) is 21.6 Å². The molecule has 0 aliphatic carbocycles. The molecule has 0 radical (unpaired) electrons. The Kier molecular flexibility index (Phi) is 5.75. The van der Waals surface area contributed by atoms with Crippen molar-refractivity contribution in [2.45, 2.75) is 6.42 Å². The van der Waals surface area contributed by atoms with Gasteiger partial charge in [-0.3, -0.25) is 5.41 Å². The van der Waals surface area contributed by atoms with Crippen molar-refractivity contribution in [2.24, 2.45) is 0 Å². The van der Waals surface area contributed by atoms with Gasteiger partial charge < -0.3 is 10.6 Å². The van der Waals surface area contributed by atoms with Gasteiger partial charge in [0.25, 0.3) is 0 Å². The molecule has 7 heteroatoms. The first kappa shape index (κ1) is 16.8. The molecule has 24 heavy (non-hydrogen) atoms. The van der Waals surface area contributed by atoms with Crippen LogP contribution < -0.4 is 10.6 Å². The number of allylic oxidation sites excluding steroid dienone is 1. The summed E-state index contributed by atoms with van der Waals surface area (Å²) in [7, 11) is 1.85. The standard InChI is InChI=1S/C17H16N4S3/c1-19-16(13-7-10-23-15(13)18)20-8-3-2-5-12-11-24-17(21-12)14-6-4-9-22-14/h4,6-7,9-11,18-20H,3,8H2,1H3/b16-13+,18-15?. The zero-order chi connectivity index (χ0) is 16.8. The van der Waals surface area contributed by atoms with Crippen LogP contribution in [0, 0.1) is 17.3 Å². The molecule has 1 aliphatic rings. The molecular weight excluding hydrogens is 356 g/mol. The van der Waals surface area contributed by atoms with E-state index >= 15 is 0 Å². The van der Waals surface area contributed by atoms with Gasteiger partial charge in [-0.1, -0.05) is 23.7 Å². The summed E-state index contributed by atoms with van der Waals surface area (Å²) in [5.74, 6) is 7.14. The fraction of sp³-hybridized carbons (Fsp3) is 0.176. The molecule has 3 N–H and O–H groups in total. The molecular formula is C17H16N4S3. The SMILES string of the molecule is CN/C(NCCC#Cc1csc(-c2cccs2)n1)=C1/C=CSC1=N. The lowest BCUT2D eigenvalue weighted by Crippen LogP contribution is -2.26. The molecule has 0 bridgehead atoms. The first-order valence-corrected chi connectivity index (χ1v) is 9.98. The van der Waals surface area contributed by atoms with Crippen molar-refractivity contribution >= 4 is 39.5 Å². The van der Waals surface area contributed by atoms with Gasteiger partial charge in [-0.25, -0.2) is 4.98 Å². The van der Waals surface area contributed by atoms with Crippen molar-refractivity contribution in [3.8, 4) is 21.7 Å². The van der Waals surface area contributed by atoms with E-state index in [0.29, 0.717) is 11.5 Å². The third-order valence-corrected chi connectivity index (χ3v) is 5.80. The lowest BCUT2D eigenvalue weighted by molar-refractivity contribution is 0.738. The van der Waals surface area contributed by atoms with Crippen LogP contribution >= 0.6 is 34.4 Å². The van der Waals surface area contributed by atoms with Crippen LogP contribution in [-0.4, -0.2) is 23.6 Å². The Balaban J connectivity index is 1.53. The average Bonchev–Trinajstić information content (AvgIpc) is 3.32. The molecule has 3 rings (SSSR count). The van der Waals surface area contributed by atoms with Crippen molar-refractivity contribution in [3.05, 3.63) is 51.5 Å². The Morgan fingerprint density at radius 3 is 3.00 bits per heavy atom. The normalized spacial score (nSPS) is 15.1. The summed E-state index contributed by atoms with van der Waals surface area (Å²) in [6, 6.07) is 4.11. The molecule has 4 nitrogen and oxygen atoms in total. The lowest BCUT2D eigenvalue weighted by Gasteiger charge is -2.11.